The first-order chi connectivity index (χ1) is 12.8. The molecule has 0 spiro atoms. The van der Waals surface area contributed by atoms with Crippen LogP contribution in [-0.4, -0.2) is 37.0 Å². The molecule has 2 aromatic carbocycles. The lowest BCUT2D eigenvalue weighted by Gasteiger charge is -2.44. The maximum Gasteiger partial charge on any atom is 0.251 e. The number of hydrogen-bond donors (Lipinski definition) is 1. The zero-order valence-electron chi connectivity index (χ0n) is 16.0. The van der Waals surface area contributed by atoms with Gasteiger partial charge in [0.1, 0.15) is 11.6 Å². The summed E-state index contributed by atoms with van der Waals surface area (Å²) >= 11 is 5.75. The average Bonchev–Trinajstić information content (AvgIpc) is 2.61. The number of carbonyl (C=O) groups is 1. The van der Waals surface area contributed by atoms with Crippen molar-refractivity contribution in [3.05, 3.63) is 63.4 Å². The van der Waals surface area contributed by atoms with E-state index in [-0.39, 0.29) is 23.0 Å². The number of methoxy groups -OCH3 is 1. The van der Waals surface area contributed by atoms with Gasteiger partial charge >= 0.3 is 0 Å². The van der Waals surface area contributed by atoms with Gasteiger partial charge in [0.2, 0.25) is 0 Å². The van der Waals surface area contributed by atoms with E-state index in [2.05, 4.69) is 37.1 Å². The molecule has 1 unspecified atom stereocenters. The van der Waals surface area contributed by atoms with Crippen LogP contribution in [0, 0.1) is 19.7 Å². The van der Waals surface area contributed by atoms with Crippen LogP contribution in [0.3, 0.4) is 0 Å². The molecule has 0 bridgehead atoms. The molecule has 3 rings (SSSR count). The topological polar surface area (TPSA) is 41.6 Å². The third-order valence-corrected chi connectivity index (χ3v) is 5.71. The van der Waals surface area contributed by atoms with Crippen molar-refractivity contribution in [1.29, 1.82) is 0 Å². The standard InChI is InChI=1S/C21H24ClFN2O2/c1-12-13(2)20(27-4)8-6-17(12)14(3)25-10-16(11-25)24-21(26)15-5-7-19(23)18(22)9-15/h5-9,14,16H,10-11H2,1-4H3,(H,24,26). The highest BCUT2D eigenvalue weighted by molar-refractivity contribution is 6.31. The maximum atomic E-state index is 13.2. The Labute approximate surface area is 164 Å². The van der Waals surface area contributed by atoms with E-state index >= 15 is 0 Å². The van der Waals surface area contributed by atoms with E-state index in [4.69, 9.17) is 16.3 Å². The number of rotatable bonds is 5. The molecule has 1 saturated heterocycles. The van der Waals surface area contributed by atoms with Crippen molar-refractivity contribution >= 4 is 17.5 Å². The van der Waals surface area contributed by atoms with E-state index < -0.39 is 5.82 Å². The Balaban J connectivity index is 1.60. The van der Waals surface area contributed by atoms with Crippen LogP contribution in [0.4, 0.5) is 4.39 Å². The summed E-state index contributed by atoms with van der Waals surface area (Å²) in [6.07, 6.45) is 0. The van der Waals surface area contributed by atoms with E-state index in [0.29, 0.717) is 5.56 Å². The molecule has 0 aliphatic carbocycles. The minimum Gasteiger partial charge on any atom is -0.496 e. The van der Waals surface area contributed by atoms with Crippen molar-refractivity contribution < 1.29 is 13.9 Å². The number of nitrogens with one attached hydrogen (secondary N) is 1. The van der Waals surface area contributed by atoms with Crippen molar-refractivity contribution in [3.8, 4) is 5.75 Å². The molecular weight excluding hydrogens is 367 g/mol. The van der Waals surface area contributed by atoms with Gasteiger partial charge < -0.3 is 10.1 Å². The van der Waals surface area contributed by atoms with E-state index in [1.807, 2.05) is 6.07 Å². The van der Waals surface area contributed by atoms with E-state index in [0.717, 1.165) is 24.4 Å². The molecule has 2 aromatic rings. The quantitative estimate of drug-likeness (QED) is 0.828. The Kier molecular flexibility index (Phi) is 5.72. The van der Waals surface area contributed by atoms with Gasteiger partial charge in [0.05, 0.1) is 18.2 Å². The van der Waals surface area contributed by atoms with E-state index in [1.165, 1.54) is 29.3 Å². The highest BCUT2D eigenvalue weighted by Crippen LogP contribution is 2.32. The van der Waals surface area contributed by atoms with Crippen LogP contribution in [0.25, 0.3) is 0 Å². The molecular formula is C21H24ClFN2O2. The molecule has 1 aliphatic heterocycles. The maximum absolute atomic E-state index is 13.2. The van der Waals surface area contributed by atoms with Crippen LogP contribution in [0.2, 0.25) is 5.02 Å². The van der Waals surface area contributed by atoms with Gasteiger partial charge in [0.25, 0.3) is 5.91 Å². The lowest BCUT2D eigenvalue weighted by Crippen LogP contribution is -2.59. The van der Waals surface area contributed by atoms with Crippen molar-refractivity contribution in [3.63, 3.8) is 0 Å². The molecule has 1 amide bonds. The Hall–Kier alpha value is -2.11. The molecule has 0 radical (unpaired) electrons. The number of nitrogens with zero attached hydrogens (tertiary/aromatic N) is 1. The second-order valence-electron chi connectivity index (χ2n) is 7.04. The van der Waals surface area contributed by atoms with Crippen LogP contribution in [0.15, 0.2) is 30.3 Å². The molecule has 144 valence electrons. The van der Waals surface area contributed by atoms with E-state index in [9.17, 15) is 9.18 Å². The molecule has 27 heavy (non-hydrogen) atoms. The first kappa shape index (κ1) is 19.6. The highest BCUT2D eigenvalue weighted by Gasteiger charge is 2.33. The molecule has 0 aromatic heterocycles. The Morgan fingerprint density at radius 2 is 1.96 bits per heavy atom. The fraction of sp³-hybridized carbons (Fsp3) is 0.381. The number of ether oxygens (including phenoxy) is 1. The number of carbonyl (C=O) groups excluding carboxylic acids is 1. The molecule has 1 N–H and O–H groups in total. The predicted octanol–water partition coefficient (Wildman–Crippen LogP) is 4.28. The lowest BCUT2D eigenvalue weighted by atomic mass is 9.94. The molecule has 1 aliphatic rings. The summed E-state index contributed by atoms with van der Waals surface area (Å²) in [6.45, 7) is 7.89. The van der Waals surface area contributed by atoms with Crippen molar-refractivity contribution in [1.82, 2.24) is 10.2 Å². The number of hydrogen-bond acceptors (Lipinski definition) is 3. The minimum absolute atomic E-state index is 0.0446. The van der Waals surface area contributed by atoms with Crippen molar-refractivity contribution in [2.75, 3.05) is 20.2 Å². The van der Waals surface area contributed by atoms with Crippen LogP contribution in [0.1, 0.15) is 40.0 Å². The first-order valence-electron chi connectivity index (χ1n) is 8.96. The Morgan fingerprint density at radius 1 is 1.26 bits per heavy atom. The van der Waals surface area contributed by atoms with Gasteiger partial charge in [0, 0.05) is 24.7 Å². The molecule has 1 atom stereocenters. The number of likely N-dealkylation sites (tertiary alicyclic amines) is 1. The van der Waals surface area contributed by atoms with E-state index in [1.54, 1.807) is 7.11 Å². The van der Waals surface area contributed by atoms with Gasteiger partial charge in [-0.05, 0) is 61.7 Å². The van der Waals surface area contributed by atoms with Gasteiger partial charge in [-0.25, -0.2) is 4.39 Å². The van der Waals surface area contributed by atoms with Gasteiger partial charge in [-0.2, -0.15) is 0 Å². The summed E-state index contributed by atoms with van der Waals surface area (Å²) in [6, 6.07) is 8.45. The monoisotopic (exact) mass is 390 g/mol. The first-order valence-corrected chi connectivity index (χ1v) is 9.33. The van der Waals surface area contributed by atoms with Crippen LogP contribution in [0.5, 0.6) is 5.75 Å². The number of amides is 1. The lowest BCUT2D eigenvalue weighted by molar-refractivity contribution is 0.0674. The summed E-state index contributed by atoms with van der Waals surface area (Å²) in [4.78, 5) is 14.6. The van der Waals surface area contributed by atoms with Crippen LogP contribution < -0.4 is 10.1 Å². The van der Waals surface area contributed by atoms with Crippen molar-refractivity contribution in [2.24, 2.45) is 0 Å². The fourth-order valence-electron chi connectivity index (χ4n) is 3.51. The van der Waals surface area contributed by atoms with Gasteiger partial charge in [0.15, 0.2) is 0 Å². The smallest absolute Gasteiger partial charge is 0.251 e. The third kappa shape index (κ3) is 3.94. The largest absolute Gasteiger partial charge is 0.496 e. The van der Waals surface area contributed by atoms with Crippen molar-refractivity contribution in [2.45, 2.75) is 32.9 Å². The molecule has 1 heterocycles. The summed E-state index contributed by atoms with van der Waals surface area (Å²) in [5, 5.41) is 2.93. The molecule has 4 nitrogen and oxygen atoms in total. The molecule has 0 saturated carbocycles. The van der Waals surface area contributed by atoms with Crippen LogP contribution in [-0.2, 0) is 0 Å². The summed E-state index contributed by atoms with van der Waals surface area (Å²) in [7, 11) is 1.68. The number of halogens is 2. The third-order valence-electron chi connectivity index (χ3n) is 5.42. The molecule has 6 heteroatoms. The second-order valence-corrected chi connectivity index (χ2v) is 7.44. The van der Waals surface area contributed by atoms with Gasteiger partial charge in [-0.1, -0.05) is 17.7 Å². The van der Waals surface area contributed by atoms with Gasteiger partial charge in [-0.15, -0.1) is 0 Å². The molecule has 1 fully saturated rings. The predicted molar refractivity (Wildman–Crippen MR) is 105 cm³/mol. The number of benzene rings is 2. The highest BCUT2D eigenvalue weighted by atomic mass is 35.5. The summed E-state index contributed by atoms with van der Waals surface area (Å²) in [5.41, 5.74) is 4.02. The normalized spacial score (nSPS) is 15.9. The Bertz CT molecular complexity index is 866. The summed E-state index contributed by atoms with van der Waals surface area (Å²) < 4.78 is 18.6. The van der Waals surface area contributed by atoms with Gasteiger partial charge in [-0.3, -0.25) is 9.69 Å². The minimum atomic E-state index is -0.526. The summed E-state index contributed by atoms with van der Waals surface area (Å²) in [5.74, 6) is 0.142. The SMILES string of the molecule is COc1ccc(C(C)N2CC(NC(=O)c3ccc(F)c(Cl)c3)C2)c(C)c1C. The zero-order valence-corrected chi connectivity index (χ0v) is 16.7. The average molecular weight is 391 g/mol. The Morgan fingerprint density at radius 3 is 2.59 bits per heavy atom. The van der Waals surface area contributed by atoms with Crippen LogP contribution >= 0.6 is 11.6 Å². The zero-order chi connectivity index (χ0) is 19.7. The second kappa shape index (κ2) is 7.87. The fourth-order valence-corrected chi connectivity index (χ4v) is 3.69.